The zero-order chi connectivity index (χ0) is 11.3. The van der Waals surface area contributed by atoms with Crippen LogP contribution >= 0.6 is 23.7 Å². The standard InChI is InChI=1S/C11H21N3S.ClH/c1-9(2)11-13-10(8-15-11)7-14(4)6-5-12-3;/h8-9,12H,5-7H2,1-4H3;1H. The normalized spacial score (nSPS) is 10.9. The number of nitrogens with zero attached hydrogens (tertiary/aromatic N) is 2. The van der Waals surface area contributed by atoms with E-state index < -0.39 is 0 Å². The van der Waals surface area contributed by atoms with Crippen molar-refractivity contribution in [1.82, 2.24) is 15.2 Å². The average Bonchev–Trinajstić information content (AvgIpc) is 2.63. The number of aromatic nitrogens is 1. The summed E-state index contributed by atoms with van der Waals surface area (Å²) in [6.45, 7) is 7.41. The Morgan fingerprint density at radius 1 is 1.50 bits per heavy atom. The molecule has 5 heteroatoms. The Balaban J connectivity index is 0.00000225. The van der Waals surface area contributed by atoms with Crippen LogP contribution in [0.25, 0.3) is 0 Å². The molecule has 0 aliphatic rings. The number of likely N-dealkylation sites (N-methyl/N-ethyl adjacent to an activating group) is 2. The van der Waals surface area contributed by atoms with E-state index in [1.807, 2.05) is 7.05 Å². The van der Waals surface area contributed by atoms with Gasteiger partial charge in [0.05, 0.1) is 10.7 Å². The van der Waals surface area contributed by atoms with Gasteiger partial charge in [-0.3, -0.25) is 4.90 Å². The summed E-state index contributed by atoms with van der Waals surface area (Å²) < 4.78 is 0. The number of thiazole rings is 1. The van der Waals surface area contributed by atoms with Gasteiger partial charge in [0.15, 0.2) is 0 Å². The van der Waals surface area contributed by atoms with E-state index >= 15 is 0 Å². The first-order chi connectivity index (χ1) is 7.13. The van der Waals surface area contributed by atoms with Crippen molar-refractivity contribution in [3.05, 3.63) is 16.1 Å². The zero-order valence-electron chi connectivity index (χ0n) is 10.5. The lowest BCUT2D eigenvalue weighted by Crippen LogP contribution is -2.27. The summed E-state index contributed by atoms with van der Waals surface area (Å²) in [5.74, 6) is 0.548. The molecule has 0 radical (unpaired) electrons. The van der Waals surface area contributed by atoms with E-state index in [4.69, 9.17) is 0 Å². The highest BCUT2D eigenvalue weighted by atomic mass is 35.5. The number of rotatable bonds is 6. The first kappa shape index (κ1) is 15.8. The Hall–Kier alpha value is -0.160. The van der Waals surface area contributed by atoms with E-state index in [-0.39, 0.29) is 12.4 Å². The molecule has 0 saturated carbocycles. The Bertz CT molecular complexity index is 289. The van der Waals surface area contributed by atoms with Crippen molar-refractivity contribution in [2.75, 3.05) is 27.2 Å². The van der Waals surface area contributed by atoms with Gasteiger partial charge >= 0.3 is 0 Å². The zero-order valence-corrected chi connectivity index (χ0v) is 12.1. The van der Waals surface area contributed by atoms with Crippen molar-refractivity contribution in [3.63, 3.8) is 0 Å². The van der Waals surface area contributed by atoms with E-state index in [2.05, 4.69) is 41.5 Å². The Kier molecular flexibility index (Phi) is 7.93. The number of nitrogens with one attached hydrogen (secondary N) is 1. The minimum atomic E-state index is 0. The molecule has 0 bridgehead atoms. The van der Waals surface area contributed by atoms with Gasteiger partial charge in [-0.1, -0.05) is 13.8 Å². The van der Waals surface area contributed by atoms with Crippen molar-refractivity contribution >= 4 is 23.7 Å². The lowest BCUT2D eigenvalue weighted by Gasteiger charge is -2.14. The van der Waals surface area contributed by atoms with Crippen LogP contribution in [0.4, 0.5) is 0 Å². The van der Waals surface area contributed by atoms with Gasteiger partial charge in [-0.05, 0) is 14.1 Å². The fourth-order valence-corrected chi connectivity index (χ4v) is 2.14. The molecule has 0 atom stereocenters. The first-order valence-corrected chi connectivity index (χ1v) is 6.29. The Morgan fingerprint density at radius 2 is 2.19 bits per heavy atom. The molecule has 16 heavy (non-hydrogen) atoms. The van der Waals surface area contributed by atoms with Gasteiger partial charge in [0.25, 0.3) is 0 Å². The van der Waals surface area contributed by atoms with Crippen LogP contribution in [0.1, 0.15) is 30.5 Å². The third kappa shape index (κ3) is 5.25. The molecular formula is C11H22ClN3S. The molecule has 1 heterocycles. The summed E-state index contributed by atoms with van der Waals surface area (Å²) in [7, 11) is 4.11. The highest BCUT2D eigenvalue weighted by molar-refractivity contribution is 7.09. The van der Waals surface area contributed by atoms with Crippen LogP contribution in [-0.2, 0) is 6.54 Å². The van der Waals surface area contributed by atoms with E-state index in [0.717, 1.165) is 19.6 Å². The molecule has 1 N–H and O–H groups in total. The molecule has 1 rings (SSSR count). The number of halogens is 1. The summed E-state index contributed by atoms with van der Waals surface area (Å²) in [4.78, 5) is 6.90. The molecule has 0 aliphatic heterocycles. The van der Waals surface area contributed by atoms with E-state index in [1.165, 1.54) is 10.7 Å². The Labute approximate surface area is 109 Å². The van der Waals surface area contributed by atoms with Gasteiger partial charge in [0.1, 0.15) is 0 Å². The smallest absolute Gasteiger partial charge is 0.0954 e. The van der Waals surface area contributed by atoms with Crippen molar-refractivity contribution in [2.24, 2.45) is 0 Å². The molecule has 0 spiro atoms. The Morgan fingerprint density at radius 3 is 2.69 bits per heavy atom. The SMILES string of the molecule is CNCCN(C)Cc1csc(C(C)C)n1.Cl. The van der Waals surface area contributed by atoms with Crippen LogP contribution in [0.3, 0.4) is 0 Å². The third-order valence-electron chi connectivity index (χ3n) is 2.24. The lowest BCUT2D eigenvalue weighted by molar-refractivity contribution is 0.324. The largest absolute Gasteiger partial charge is 0.318 e. The van der Waals surface area contributed by atoms with Crippen LogP contribution < -0.4 is 5.32 Å². The maximum absolute atomic E-state index is 4.61. The van der Waals surface area contributed by atoms with Crippen LogP contribution in [0.5, 0.6) is 0 Å². The second-order valence-corrected chi connectivity index (χ2v) is 5.06. The van der Waals surface area contributed by atoms with Crippen molar-refractivity contribution in [1.29, 1.82) is 0 Å². The predicted molar refractivity (Wildman–Crippen MR) is 73.7 cm³/mol. The highest BCUT2D eigenvalue weighted by Crippen LogP contribution is 2.19. The summed E-state index contributed by atoms with van der Waals surface area (Å²) in [6, 6.07) is 0. The molecule has 94 valence electrons. The van der Waals surface area contributed by atoms with Gasteiger partial charge < -0.3 is 5.32 Å². The molecule has 1 aromatic rings. The lowest BCUT2D eigenvalue weighted by atomic mass is 10.2. The highest BCUT2D eigenvalue weighted by Gasteiger charge is 2.07. The molecule has 0 unspecified atom stereocenters. The minimum Gasteiger partial charge on any atom is -0.318 e. The van der Waals surface area contributed by atoms with Crippen molar-refractivity contribution in [2.45, 2.75) is 26.3 Å². The summed E-state index contributed by atoms with van der Waals surface area (Å²) in [6.07, 6.45) is 0. The van der Waals surface area contributed by atoms with Crippen LogP contribution in [0.15, 0.2) is 5.38 Å². The quantitative estimate of drug-likeness (QED) is 0.854. The summed E-state index contributed by atoms with van der Waals surface area (Å²) >= 11 is 1.77. The predicted octanol–water partition coefficient (Wildman–Crippen LogP) is 2.34. The topological polar surface area (TPSA) is 28.2 Å². The second kappa shape index (κ2) is 8.01. The van der Waals surface area contributed by atoms with Crippen LogP contribution in [0, 0.1) is 0 Å². The number of hydrogen-bond acceptors (Lipinski definition) is 4. The molecule has 0 aromatic carbocycles. The molecule has 0 aliphatic carbocycles. The van der Waals surface area contributed by atoms with Crippen LogP contribution in [0.2, 0.25) is 0 Å². The average molecular weight is 264 g/mol. The molecule has 0 amide bonds. The fourth-order valence-electron chi connectivity index (χ4n) is 1.32. The van der Waals surface area contributed by atoms with Crippen molar-refractivity contribution in [3.8, 4) is 0 Å². The maximum Gasteiger partial charge on any atom is 0.0954 e. The van der Waals surface area contributed by atoms with E-state index in [1.54, 1.807) is 11.3 Å². The van der Waals surface area contributed by atoms with Gasteiger partial charge in [0, 0.05) is 30.9 Å². The van der Waals surface area contributed by atoms with Gasteiger partial charge in [-0.25, -0.2) is 4.98 Å². The molecular weight excluding hydrogens is 242 g/mol. The minimum absolute atomic E-state index is 0. The summed E-state index contributed by atoms with van der Waals surface area (Å²) in [5, 5.41) is 6.56. The van der Waals surface area contributed by atoms with E-state index in [9.17, 15) is 0 Å². The summed E-state index contributed by atoms with van der Waals surface area (Å²) in [5.41, 5.74) is 1.20. The number of hydrogen-bond donors (Lipinski definition) is 1. The molecule has 0 saturated heterocycles. The fraction of sp³-hybridized carbons (Fsp3) is 0.727. The molecule has 1 aromatic heterocycles. The van der Waals surface area contributed by atoms with Gasteiger partial charge in [-0.2, -0.15) is 0 Å². The monoisotopic (exact) mass is 263 g/mol. The first-order valence-electron chi connectivity index (χ1n) is 5.41. The van der Waals surface area contributed by atoms with Crippen molar-refractivity contribution < 1.29 is 0 Å². The van der Waals surface area contributed by atoms with Crippen LogP contribution in [-0.4, -0.2) is 37.1 Å². The van der Waals surface area contributed by atoms with Gasteiger partial charge in [0.2, 0.25) is 0 Å². The second-order valence-electron chi connectivity index (χ2n) is 4.17. The molecule has 0 fully saturated rings. The van der Waals surface area contributed by atoms with E-state index in [0.29, 0.717) is 5.92 Å². The van der Waals surface area contributed by atoms with Gasteiger partial charge in [-0.15, -0.1) is 23.7 Å². The maximum atomic E-state index is 4.61. The molecule has 3 nitrogen and oxygen atoms in total. The third-order valence-corrected chi connectivity index (χ3v) is 3.43.